The van der Waals surface area contributed by atoms with Gasteiger partial charge in [0.05, 0.1) is 6.42 Å². The molecule has 0 atom stereocenters. The molecule has 1 rings (SSSR count). The third kappa shape index (κ3) is 5.71. The van der Waals surface area contributed by atoms with Crippen LogP contribution in [0.25, 0.3) is 0 Å². The summed E-state index contributed by atoms with van der Waals surface area (Å²) in [6.07, 6.45) is 2.49. The molecule has 0 aromatic rings. The Morgan fingerprint density at radius 2 is 1.82 bits per heavy atom. The maximum Gasteiger partial charge on any atom is 0.306 e. The molecule has 98 valence electrons. The number of amides is 1. The highest BCUT2D eigenvalue weighted by atomic mass is 16.6. The molecule has 0 radical (unpaired) electrons. The van der Waals surface area contributed by atoms with Gasteiger partial charge in [-0.3, -0.25) is 9.59 Å². The van der Waals surface area contributed by atoms with Crippen LogP contribution in [0, 0.1) is 5.92 Å². The smallest absolute Gasteiger partial charge is 0.306 e. The van der Waals surface area contributed by atoms with Crippen molar-refractivity contribution >= 4 is 11.9 Å². The number of hydrogen-bond donors (Lipinski definition) is 1. The molecule has 1 fully saturated rings. The largest absolute Gasteiger partial charge is 0.460 e. The first-order valence-corrected chi connectivity index (χ1v) is 6.27. The lowest BCUT2D eigenvalue weighted by Gasteiger charge is -2.33. The molecule has 0 heterocycles. The quantitative estimate of drug-likeness (QED) is 0.766. The summed E-state index contributed by atoms with van der Waals surface area (Å²) in [7, 11) is 0. The molecule has 1 aliphatic rings. The van der Waals surface area contributed by atoms with E-state index in [1.54, 1.807) is 0 Å². The number of ether oxygens (including phenoxy) is 1. The second kappa shape index (κ2) is 5.52. The molecule has 1 N–H and O–H groups in total. The molecule has 0 bridgehead atoms. The zero-order chi connectivity index (χ0) is 13.1. The molecule has 0 spiro atoms. The van der Waals surface area contributed by atoms with Crippen LogP contribution in [0.2, 0.25) is 0 Å². The molecule has 1 amide bonds. The predicted octanol–water partition coefficient (Wildman–Crippen LogP) is 2.02. The molecular formula is C13H23NO3. The van der Waals surface area contributed by atoms with E-state index in [1.807, 2.05) is 20.8 Å². The molecule has 4 heteroatoms. The molecule has 0 aromatic carbocycles. The Morgan fingerprint density at radius 1 is 1.24 bits per heavy atom. The van der Waals surface area contributed by atoms with Gasteiger partial charge < -0.3 is 10.1 Å². The minimum Gasteiger partial charge on any atom is -0.460 e. The van der Waals surface area contributed by atoms with Crippen LogP contribution >= 0.6 is 0 Å². The maximum atomic E-state index is 11.5. The Bertz CT molecular complexity index is 288. The minimum atomic E-state index is -0.475. The first-order chi connectivity index (χ1) is 7.76. The van der Waals surface area contributed by atoms with Crippen molar-refractivity contribution in [2.75, 3.05) is 0 Å². The van der Waals surface area contributed by atoms with Crippen molar-refractivity contribution in [1.82, 2.24) is 5.32 Å². The summed E-state index contributed by atoms with van der Waals surface area (Å²) >= 11 is 0. The van der Waals surface area contributed by atoms with Crippen LogP contribution in [0.3, 0.4) is 0 Å². The molecule has 0 saturated heterocycles. The fourth-order valence-corrected chi connectivity index (χ4v) is 1.93. The van der Waals surface area contributed by atoms with Crippen molar-refractivity contribution < 1.29 is 14.3 Å². The van der Waals surface area contributed by atoms with Crippen molar-refractivity contribution in [2.45, 2.75) is 65.0 Å². The molecule has 1 aliphatic carbocycles. The SMILES string of the molecule is CC1CC(NC(=O)CCC(=O)OC(C)(C)C)C1. The van der Waals surface area contributed by atoms with Gasteiger partial charge in [-0.2, -0.15) is 0 Å². The zero-order valence-electron chi connectivity index (χ0n) is 11.2. The first kappa shape index (κ1) is 14.0. The molecule has 4 nitrogen and oxygen atoms in total. The van der Waals surface area contributed by atoms with Gasteiger partial charge in [0.1, 0.15) is 5.60 Å². The normalized spacial score (nSPS) is 23.8. The number of rotatable bonds is 4. The first-order valence-electron chi connectivity index (χ1n) is 6.27. The Balaban J connectivity index is 2.13. The summed E-state index contributed by atoms with van der Waals surface area (Å²) < 4.78 is 5.13. The zero-order valence-corrected chi connectivity index (χ0v) is 11.2. The molecule has 0 aromatic heterocycles. The van der Waals surface area contributed by atoms with Gasteiger partial charge in [0, 0.05) is 12.5 Å². The van der Waals surface area contributed by atoms with Crippen LogP contribution in [0.5, 0.6) is 0 Å². The highest BCUT2D eigenvalue weighted by Crippen LogP contribution is 2.26. The van der Waals surface area contributed by atoms with Crippen LogP contribution in [-0.4, -0.2) is 23.5 Å². The summed E-state index contributed by atoms with van der Waals surface area (Å²) in [5, 5.41) is 2.92. The van der Waals surface area contributed by atoms with Crippen molar-refractivity contribution in [3.63, 3.8) is 0 Å². The van der Waals surface area contributed by atoms with Gasteiger partial charge in [-0.25, -0.2) is 0 Å². The standard InChI is InChI=1S/C13H23NO3/c1-9-7-10(8-9)14-11(15)5-6-12(16)17-13(2,3)4/h9-10H,5-8H2,1-4H3,(H,14,15). The van der Waals surface area contributed by atoms with Gasteiger partial charge in [-0.15, -0.1) is 0 Å². The van der Waals surface area contributed by atoms with E-state index >= 15 is 0 Å². The minimum absolute atomic E-state index is 0.0484. The average Bonchev–Trinajstić information content (AvgIpc) is 2.09. The van der Waals surface area contributed by atoms with Gasteiger partial charge in [0.2, 0.25) is 5.91 Å². The van der Waals surface area contributed by atoms with Crippen LogP contribution < -0.4 is 5.32 Å². The molecule has 17 heavy (non-hydrogen) atoms. The Labute approximate surface area is 103 Å². The second-order valence-electron chi connectivity index (χ2n) is 5.93. The Kier molecular flexibility index (Phi) is 4.54. The predicted molar refractivity (Wildman–Crippen MR) is 65.4 cm³/mol. The monoisotopic (exact) mass is 241 g/mol. The van der Waals surface area contributed by atoms with E-state index in [1.165, 1.54) is 0 Å². The van der Waals surface area contributed by atoms with Crippen LogP contribution in [-0.2, 0) is 14.3 Å². The van der Waals surface area contributed by atoms with E-state index in [-0.39, 0.29) is 24.7 Å². The third-order valence-electron chi connectivity index (χ3n) is 2.72. The highest BCUT2D eigenvalue weighted by molar-refractivity contribution is 5.81. The number of hydrogen-bond acceptors (Lipinski definition) is 3. The number of nitrogens with one attached hydrogen (secondary N) is 1. The lowest BCUT2D eigenvalue weighted by atomic mass is 9.82. The van der Waals surface area contributed by atoms with Crippen molar-refractivity contribution in [3.8, 4) is 0 Å². The van der Waals surface area contributed by atoms with Gasteiger partial charge in [-0.1, -0.05) is 6.92 Å². The maximum absolute atomic E-state index is 11.5. The lowest BCUT2D eigenvalue weighted by molar-refractivity contribution is -0.155. The summed E-state index contributed by atoms with van der Waals surface area (Å²) in [5.74, 6) is 0.355. The highest BCUT2D eigenvalue weighted by Gasteiger charge is 2.26. The van der Waals surface area contributed by atoms with Crippen LogP contribution in [0.4, 0.5) is 0 Å². The van der Waals surface area contributed by atoms with Crippen LogP contribution in [0.15, 0.2) is 0 Å². The van der Waals surface area contributed by atoms with Gasteiger partial charge in [0.15, 0.2) is 0 Å². The molecular weight excluding hydrogens is 218 g/mol. The van der Waals surface area contributed by atoms with E-state index in [9.17, 15) is 9.59 Å². The van der Waals surface area contributed by atoms with Crippen molar-refractivity contribution in [3.05, 3.63) is 0 Å². The van der Waals surface area contributed by atoms with E-state index < -0.39 is 5.60 Å². The summed E-state index contributed by atoms with van der Waals surface area (Å²) in [4.78, 5) is 22.9. The molecule has 1 saturated carbocycles. The topological polar surface area (TPSA) is 55.4 Å². The number of esters is 1. The fourth-order valence-electron chi connectivity index (χ4n) is 1.93. The Morgan fingerprint density at radius 3 is 2.29 bits per heavy atom. The summed E-state index contributed by atoms with van der Waals surface area (Å²) in [6, 6.07) is 0.316. The molecule has 0 aliphatic heterocycles. The van der Waals surface area contributed by atoms with E-state index in [4.69, 9.17) is 4.74 Å². The lowest BCUT2D eigenvalue weighted by Crippen LogP contribution is -2.43. The number of carbonyl (C=O) groups excluding carboxylic acids is 2. The van der Waals surface area contributed by atoms with E-state index in [0.717, 1.165) is 12.8 Å². The van der Waals surface area contributed by atoms with Crippen molar-refractivity contribution in [2.24, 2.45) is 5.92 Å². The number of carbonyl (C=O) groups is 2. The molecule has 0 unspecified atom stereocenters. The second-order valence-corrected chi connectivity index (χ2v) is 5.93. The van der Waals surface area contributed by atoms with Gasteiger partial charge in [-0.05, 0) is 39.5 Å². The Hall–Kier alpha value is -1.06. The third-order valence-corrected chi connectivity index (χ3v) is 2.72. The van der Waals surface area contributed by atoms with Gasteiger partial charge >= 0.3 is 5.97 Å². The summed E-state index contributed by atoms with van der Waals surface area (Å²) in [5.41, 5.74) is -0.475. The van der Waals surface area contributed by atoms with Crippen molar-refractivity contribution in [1.29, 1.82) is 0 Å². The van der Waals surface area contributed by atoms with Crippen LogP contribution in [0.1, 0.15) is 53.4 Å². The fraction of sp³-hybridized carbons (Fsp3) is 0.846. The van der Waals surface area contributed by atoms with Gasteiger partial charge in [0.25, 0.3) is 0 Å². The van der Waals surface area contributed by atoms with E-state index in [2.05, 4.69) is 12.2 Å². The van der Waals surface area contributed by atoms with E-state index in [0.29, 0.717) is 12.0 Å². The average molecular weight is 241 g/mol. The summed E-state index contributed by atoms with van der Waals surface area (Å²) in [6.45, 7) is 7.63.